The average Bonchev–Trinajstić information content (AvgIpc) is 3.07. The number of halogens is 1. The van der Waals surface area contributed by atoms with Gasteiger partial charge in [0.05, 0.1) is 26.3 Å². The van der Waals surface area contributed by atoms with E-state index in [2.05, 4.69) is 15.4 Å². The van der Waals surface area contributed by atoms with E-state index in [4.69, 9.17) is 26.8 Å². The van der Waals surface area contributed by atoms with Crippen molar-refractivity contribution in [1.29, 1.82) is 0 Å². The van der Waals surface area contributed by atoms with E-state index in [-0.39, 0.29) is 18.0 Å². The number of nitrogens with two attached hydrogens (primary N) is 1. The molecule has 140 valence electrons. The molecule has 0 saturated heterocycles. The van der Waals surface area contributed by atoms with Crippen LogP contribution in [0.1, 0.15) is 29.6 Å². The van der Waals surface area contributed by atoms with Crippen molar-refractivity contribution in [2.75, 3.05) is 25.3 Å². The van der Waals surface area contributed by atoms with E-state index in [1.165, 1.54) is 0 Å². The number of aromatic nitrogens is 3. The zero-order valence-electron chi connectivity index (χ0n) is 15.0. The van der Waals surface area contributed by atoms with Gasteiger partial charge in [0.25, 0.3) is 0 Å². The summed E-state index contributed by atoms with van der Waals surface area (Å²) in [5.41, 5.74) is 8.02. The van der Waals surface area contributed by atoms with E-state index in [1.807, 2.05) is 47.1 Å². The monoisotopic (exact) mass is 385 g/mol. The first-order valence-electron chi connectivity index (χ1n) is 8.55. The molecule has 2 heterocycles. The molecule has 3 N–H and O–H groups in total. The summed E-state index contributed by atoms with van der Waals surface area (Å²) in [5, 5.41) is 8.50. The number of methoxy groups -OCH3 is 2. The molecule has 0 radical (unpaired) electrons. The number of benzene rings is 2. The van der Waals surface area contributed by atoms with Gasteiger partial charge in [0, 0.05) is 5.02 Å². The van der Waals surface area contributed by atoms with Crippen molar-refractivity contribution in [3.63, 3.8) is 0 Å². The Morgan fingerprint density at radius 3 is 2.48 bits per heavy atom. The molecule has 7 nitrogen and oxygen atoms in total. The highest BCUT2D eigenvalue weighted by Gasteiger charge is 2.31. The standard InChI is InChI=1S/C19H20ClN5O2/c1-26-16-8-5-12(9-17(16)27-2)15-10-14(11-3-6-13(20)7-4-11)22-19-23-18(21)24-25(15)19/h3-9,14-15H,10H2,1-2H3,(H3,21,22,23,24). The maximum atomic E-state index is 6.03. The van der Waals surface area contributed by atoms with Crippen LogP contribution in [0.2, 0.25) is 5.02 Å². The zero-order chi connectivity index (χ0) is 19.0. The predicted molar refractivity (Wildman–Crippen MR) is 105 cm³/mol. The van der Waals surface area contributed by atoms with Gasteiger partial charge in [0.1, 0.15) is 0 Å². The third-order valence-corrected chi connectivity index (χ3v) is 5.02. The van der Waals surface area contributed by atoms with Crippen molar-refractivity contribution < 1.29 is 9.47 Å². The molecule has 1 aliphatic heterocycles. The van der Waals surface area contributed by atoms with Gasteiger partial charge < -0.3 is 20.5 Å². The number of anilines is 2. The number of hydrogen-bond acceptors (Lipinski definition) is 6. The quantitative estimate of drug-likeness (QED) is 0.712. The lowest BCUT2D eigenvalue weighted by Crippen LogP contribution is -2.28. The summed E-state index contributed by atoms with van der Waals surface area (Å²) in [4.78, 5) is 4.33. The lowest BCUT2D eigenvalue weighted by molar-refractivity contribution is 0.352. The van der Waals surface area contributed by atoms with E-state index in [0.717, 1.165) is 17.5 Å². The van der Waals surface area contributed by atoms with Crippen molar-refractivity contribution in [3.05, 3.63) is 58.6 Å². The molecule has 0 bridgehead atoms. The van der Waals surface area contributed by atoms with E-state index < -0.39 is 0 Å². The van der Waals surface area contributed by atoms with E-state index >= 15 is 0 Å². The minimum atomic E-state index is -0.0495. The summed E-state index contributed by atoms with van der Waals surface area (Å²) in [7, 11) is 3.24. The molecule has 2 atom stereocenters. The van der Waals surface area contributed by atoms with Crippen molar-refractivity contribution >= 4 is 23.5 Å². The molecule has 1 aliphatic rings. The Morgan fingerprint density at radius 1 is 1.07 bits per heavy atom. The topological polar surface area (TPSA) is 87.2 Å². The number of nitrogen functional groups attached to an aromatic ring is 1. The number of rotatable bonds is 4. The Hall–Kier alpha value is -2.93. The van der Waals surface area contributed by atoms with Gasteiger partial charge in [0.15, 0.2) is 11.5 Å². The highest BCUT2D eigenvalue weighted by Crippen LogP contribution is 2.40. The molecule has 0 amide bonds. The summed E-state index contributed by atoms with van der Waals surface area (Å²) < 4.78 is 12.6. The van der Waals surface area contributed by atoms with Crippen LogP contribution in [0.3, 0.4) is 0 Å². The van der Waals surface area contributed by atoms with Crippen molar-refractivity contribution in [3.8, 4) is 11.5 Å². The molecule has 1 aromatic heterocycles. The second kappa shape index (κ2) is 7.00. The number of hydrogen-bond donors (Lipinski definition) is 2. The van der Waals surface area contributed by atoms with Crippen molar-refractivity contribution in [2.45, 2.75) is 18.5 Å². The molecular weight excluding hydrogens is 366 g/mol. The SMILES string of the molecule is COc1ccc(C2CC(c3ccc(Cl)cc3)Nc3nc(N)nn32)cc1OC. The molecule has 0 saturated carbocycles. The Labute approximate surface area is 162 Å². The lowest BCUT2D eigenvalue weighted by Gasteiger charge is -2.32. The van der Waals surface area contributed by atoms with Crippen LogP contribution in [0.25, 0.3) is 0 Å². The van der Waals surface area contributed by atoms with Crippen LogP contribution in [0.15, 0.2) is 42.5 Å². The summed E-state index contributed by atoms with van der Waals surface area (Å²) in [6.07, 6.45) is 0.771. The Bertz CT molecular complexity index is 957. The normalized spacial score (nSPS) is 18.5. The Morgan fingerprint density at radius 2 is 1.78 bits per heavy atom. The minimum absolute atomic E-state index is 0.0495. The Kier molecular flexibility index (Phi) is 4.53. The van der Waals surface area contributed by atoms with Crippen LogP contribution in [0.5, 0.6) is 11.5 Å². The highest BCUT2D eigenvalue weighted by atomic mass is 35.5. The molecule has 27 heavy (non-hydrogen) atoms. The Balaban J connectivity index is 1.75. The van der Waals surface area contributed by atoms with Gasteiger partial charge in [-0.25, -0.2) is 4.68 Å². The zero-order valence-corrected chi connectivity index (χ0v) is 15.8. The van der Waals surface area contributed by atoms with E-state index in [0.29, 0.717) is 22.5 Å². The smallest absolute Gasteiger partial charge is 0.241 e. The maximum Gasteiger partial charge on any atom is 0.241 e. The van der Waals surface area contributed by atoms with E-state index in [1.54, 1.807) is 14.2 Å². The van der Waals surface area contributed by atoms with Crippen molar-refractivity contribution in [1.82, 2.24) is 14.8 Å². The van der Waals surface area contributed by atoms with Crippen LogP contribution >= 0.6 is 11.6 Å². The molecular formula is C19H20ClN5O2. The van der Waals surface area contributed by atoms with Gasteiger partial charge in [0.2, 0.25) is 11.9 Å². The fourth-order valence-electron chi connectivity index (χ4n) is 3.45. The second-order valence-corrected chi connectivity index (χ2v) is 6.79. The van der Waals surface area contributed by atoms with Gasteiger partial charge in [-0.1, -0.05) is 29.8 Å². The minimum Gasteiger partial charge on any atom is -0.493 e. The third-order valence-electron chi connectivity index (χ3n) is 4.77. The summed E-state index contributed by atoms with van der Waals surface area (Å²) in [6, 6.07) is 13.7. The second-order valence-electron chi connectivity index (χ2n) is 6.35. The highest BCUT2D eigenvalue weighted by molar-refractivity contribution is 6.30. The number of nitrogens with zero attached hydrogens (tertiary/aromatic N) is 3. The van der Waals surface area contributed by atoms with Gasteiger partial charge in [-0.3, -0.25) is 0 Å². The summed E-state index contributed by atoms with van der Waals surface area (Å²) in [5.74, 6) is 2.23. The molecule has 4 rings (SSSR count). The first-order valence-corrected chi connectivity index (χ1v) is 8.92. The first-order chi connectivity index (χ1) is 13.1. The third kappa shape index (κ3) is 3.26. The molecule has 2 unspecified atom stereocenters. The van der Waals surface area contributed by atoms with Crippen LogP contribution in [-0.2, 0) is 0 Å². The molecule has 2 aromatic carbocycles. The van der Waals surface area contributed by atoms with Gasteiger partial charge in [-0.15, -0.1) is 5.10 Å². The van der Waals surface area contributed by atoms with Crippen LogP contribution in [0.4, 0.5) is 11.9 Å². The van der Waals surface area contributed by atoms with Crippen molar-refractivity contribution in [2.24, 2.45) is 0 Å². The molecule has 8 heteroatoms. The van der Waals surface area contributed by atoms with E-state index in [9.17, 15) is 0 Å². The van der Waals surface area contributed by atoms with Crippen LogP contribution < -0.4 is 20.5 Å². The summed E-state index contributed by atoms with van der Waals surface area (Å²) >= 11 is 6.03. The fourth-order valence-corrected chi connectivity index (χ4v) is 3.57. The van der Waals surface area contributed by atoms with Gasteiger partial charge in [-0.2, -0.15) is 4.98 Å². The number of nitrogens with one attached hydrogen (secondary N) is 1. The fraction of sp³-hybridized carbons (Fsp3) is 0.263. The largest absolute Gasteiger partial charge is 0.493 e. The number of ether oxygens (including phenoxy) is 2. The van der Waals surface area contributed by atoms with Crippen LogP contribution in [0, 0.1) is 0 Å². The maximum absolute atomic E-state index is 6.03. The van der Waals surface area contributed by atoms with Gasteiger partial charge >= 0.3 is 0 Å². The summed E-state index contributed by atoms with van der Waals surface area (Å²) in [6.45, 7) is 0. The average molecular weight is 386 g/mol. The molecule has 0 spiro atoms. The molecule has 3 aromatic rings. The molecule has 0 aliphatic carbocycles. The van der Waals surface area contributed by atoms with Gasteiger partial charge in [-0.05, 0) is 41.8 Å². The van der Waals surface area contributed by atoms with Crippen LogP contribution in [-0.4, -0.2) is 29.0 Å². The number of fused-ring (bicyclic) bond motifs is 1. The predicted octanol–water partition coefficient (Wildman–Crippen LogP) is 3.68. The first kappa shape index (κ1) is 17.5. The lowest BCUT2D eigenvalue weighted by atomic mass is 9.93. The molecule has 0 fully saturated rings.